The van der Waals surface area contributed by atoms with Crippen molar-refractivity contribution in [3.8, 4) is 5.75 Å². The molecule has 3 rings (SSSR count). The van der Waals surface area contributed by atoms with Gasteiger partial charge < -0.3 is 9.64 Å². The van der Waals surface area contributed by atoms with Gasteiger partial charge in [-0.25, -0.2) is 13.1 Å². The Bertz CT molecular complexity index is 724. The molecule has 1 fully saturated rings. The Morgan fingerprint density at radius 1 is 1.30 bits per heavy atom. The summed E-state index contributed by atoms with van der Waals surface area (Å²) in [6.45, 7) is 6.76. The number of carbonyl (C=O) groups excluding carboxylic acids is 1. The van der Waals surface area contributed by atoms with E-state index in [1.807, 2.05) is 20.8 Å². The molecule has 0 aliphatic carbocycles. The minimum Gasteiger partial charge on any atom is -0.485 e. The Morgan fingerprint density at radius 2 is 2.00 bits per heavy atom. The lowest BCUT2D eigenvalue weighted by atomic mass is 9.92. The Balaban J connectivity index is 1.82. The van der Waals surface area contributed by atoms with E-state index in [0.717, 1.165) is 0 Å². The third-order valence-corrected chi connectivity index (χ3v) is 5.55. The summed E-state index contributed by atoms with van der Waals surface area (Å²) in [5, 5.41) is 0. The number of sulfonamides is 1. The molecule has 1 aromatic carbocycles. The van der Waals surface area contributed by atoms with Crippen molar-refractivity contribution in [1.82, 2.24) is 9.62 Å². The number of nitrogens with one attached hydrogen (secondary N) is 1. The number of hydrogen-bond acceptors (Lipinski definition) is 4. The summed E-state index contributed by atoms with van der Waals surface area (Å²) in [7, 11) is -3.63. The third-order valence-electron chi connectivity index (χ3n) is 4.02. The summed E-state index contributed by atoms with van der Waals surface area (Å²) in [6, 6.07) is 6.17. The zero-order valence-corrected chi connectivity index (χ0v) is 14.4. The smallest absolute Gasteiger partial charge is 0.244 e. The number of likely N-dealkylation sites (tertiary alicyclic amines) is 1. The Kier molecular flexibility index (Phi) is 3.88. The first-order valence-corrected chi connectivity index (χ1v) is 9.20. The van der Waals surface area contributed by atoms with Crippen molar-refractivity contribution in [1.29, 1.82) is 0 Å². The van der Waals surface area contributed by atoms with E-state index in [0.29, 0.717) is 25.3 Å². The fourth-order valence-electron chi connectivity index (χ4n) is 2.97. The van der Waals surface area contributed by atoms with Gasteiger partial charge in [0.1, 0.15) is 16.7 Å². The fourth-order valence-corrected chi connectivity index (χ4v) is 4.36. The summed E-state index contributed by atoms with van der Waals surface area (Å²) < 4.78 is 33.5. The minimum absolute atomic E-state index is 0.0293. The molecule has 23 heavy (non-hydrogen) atoms. The first kappa shape index (κ1) is 16.3. The number of fused-ring (bicyclic) bond motifs is 2. The van der Waals surface area contributed by atoms with Crippen LogP contribution in [0.25, 0.3) is 0 Å². The summed E-state index contributed by atoms with van der Waals surface area (Å²) in [5.41, 5.74) is -0.102. The minimum atomic E-state index is -3.63. The zero-order valence-electron chi connectivity index (χ0n) is 13.6. The average molecular weight is 338 g/mol. The van der Waals surface area contributed by atoms with E-state index in [4.69, 9.17) is 4.74 Å². The number of para-hydroxylation sites is 1. The van der Waals surface area contributed by atoms with Crippen molar-refractivity contribution in [2.45, 2.75) is 44.2 Å². The van der Waals surface area contributed by atoms with Crippen molar-refractivity contribution in [3.05, 3.63) is 24.3 Å². The Labute approximate surface area is 136 Å². The molecule has 2 aliphatic rings. The van der Waals surface area contributed by atoms with Crippen LogP contribution in [0.2, 0.25) is 0 Å². The number of ether oxygens (including phenoxy) is 1. The van der Waals surface area contributed by atoms with Crippen LogP contribution in [0.5, 0.6) is 5.75 Å². The van der Waals surface area contributed by atoms with E-state index in [1.165, 1.54) is 6.07 Å². The molecule has 2 aliphatic heterocycles. The van der Waals surface area contributed by atoms with Crippen LogP contribution in [-0.2, 0) is 14.8 Å². The summed E-state index contributed by atoms with van der Waals surface area (Å²) in [4.78, 5) is 14.2. The van der Waals surface area contributed by atoms with Crippen LogP contribution in [0.3, 0.4) is 0 Å². The van der Waals surface area contributed by atoms with Gasteiger partial charge in [-0.05, 0) is 17.5 Å². The third kappa shape index (κ3) is 3.35. The Morgan fingerprint density at radius 3 is 2.70 bits per heavy atom. The molecular weight excluding hydrogens is 316 g/mol. The second-order valence-corrected chi connectivity index (χ2v) is 9.05. The molecule has 0 bridgehead atoms. The molecule has 2 atom stereocenters. The average Bonchev–Trinajstić information content (AvgIpc) is 2.75. The van der Waals surface area contributed by atoms with Crippen molar-refractivity contribution < 1.29 is 17.9 Å². The molecule has 0 spiro atoms. The van der Waals surface area contributed by atoms with Crippen LogP contribution in [0, 0.1) is 5.41 Å². The fraction of sp³-hybridized carbons (Fsp3) is 0.562. The first-order valence-electron chi connectivity index (χ1n) is 7.71. The van der Waals surface area contributed by atoms with Crippen LogP contribution in [-0.4, -0.2) is 44.5 Å². The van der Waals surface area contributed by atoms with Gasteiger partial charge in [0.2, 0.25) is 15.9 Å². The van der Waals surface area contributed by atoms with Crippen LogP contribution >= 0.6 is 0 Å². The Hall–Kier alpha value is -1.60. The quantitative estimate of drug-likeness (QED) is 0.839. The van der Waals surface area contributed by atoms with Crippen molar-refractivity contribution >= 4 is 15.9 Å². The highest BCUT2D eigenvalue weighted by Crippen LogP contribution is 2.31. The van der Waals surface area contributed by atoms with Crippen molar-refractivity contribution in [2.75, 3.05) is 13.1 Å². The molecule has 7 heteroatoms. The van der Waals surface area contributed by atoms with E-state index in [-0.39, 0.29) is 22.3 Å². The topological polar surface area (TPSA) is 75.7 Å². The van der Waals surface area contributed by atoms with Crippen LogP contribution in [0.1, 0.15) is 27.2 Å². The largest absolute Gasteiger partial charge is 0.485 e. The molecular formula is C16H22N2O4S. The molecule has 0 radical (unpaired) electrons. The van der Waals surface area contributed by atoms with Crippen LogP contribution < -0.4 is 9.46 Å². The number of hydrogen-bond donors (Lipinski definition) is 1. The lowest BCUT2D eigenvalue weighted by Crippen LogP contribution is -2.42. The second kappa shape index (κ2) is 5.49. The highest BCUT2D eigenvalue weighted by Gasteiger charge is 2.42. The lowest BCUT2D eigenvalue weighted by Gasteiger charge is -2.23. The maximum Gasteiger partial charge on any atom is 0.244 e. The number of carbonyl (C=O) groups is 1. The van der Waals surface area contributed by atoms with Gasteiger partial charge in [-0.2, -0.15) is 0 Å². The predicted octanol–water partition coefficient (Wildman–Crippen LogP) is 1.37. The van der Waals surface area contributed by atoms with E-state index in [9.17, 15) is 13.2 Å². The van der Waals surface area contributed by atoms with Gasteiger partial charge in [0.25, 0.3) is 0 Å². The SMILES string of the molecule is CC(C)(C)CC(=O)N1C[C@@H]2Oc3ccccc3S(=O)(=O)N[C@@H]2C1. The monoisotopic (exact) mass is 338 g/mol. The predicted molar refractivity (Wildman–Crippen MR) is 85.6 cm³/mol. The molecule has 0 saturated carbocycles. The van der Waals surface area contributed by atoms with E-state index >= 15 is 0 Å². The molecule has 0 unspecified atom stereocenters. The van der Waals surface area contributed by atoms with Crippen LogP contribution in [0.4, 0.5) is 0 Å². The van der Waals surface area contributed by atoms with E-state index < -0.39 is 16.1 Å². The summed E-state index contributed by atoms with van der Waals surface area (Å²) in [6.07, 6.45) is 0.0628. The van der Waals surface area contributed by atoms with Gasteiger partial charge in [0.15, 0.2) is 0 Å². The van der Waals surface area contributed by atoms with E-state index in [1.54, 1.807) is 23.1 Å². The molecule has 1 saturated heterocycles. The summed E-state index contributed by atoms with van der Waals surface area (Å²) >= 11 is 0. The molecule has 2 heterocycles. The molecule has 1 aromatic rings. The van der Waals surface area contributed by atoms with Gasteiger partial charge in [-0.1, -0.05) is 32.9 Å². The van der Waals surface area contributed by atoms with Crippen LogP contribution in [0.15, 0.2) is 29.2 Å². The van der Waals surface area contributed by atoms with Crippen molar-refractivity contribution in [3.63, 3.8) is 0 Å². The van der Waals surface area contributed by atoms with Crippen molar-refractivity contribution in [2.24, 2.45) is 5.41 Å². The van der Waals surface area contributed by atoms with Gasteiger partial charge in [0, 0.05) is 13.0 Å². The van der Waals surface area contributed by atoms with Gasteiger partial charge in [-0.15, -0.1) is 0 Å². The zero-order chi connectivity index (χ0) is 16.8. The van der Waals surface area contributed by atoms with Gasteiger partial charge in [0.05, 0.1) is 12.6 Å². The maximum atomic E-state index is 12.4. The standard InChI is InChI=1S/C16H22N2O4S/c1-16(2,3)8-15(19)18-9-11-13(10-18)22-12-6-4-5-7-14(12)23(20,21)17-11/h4-7,11,13,17H,8-10H2,1-3H3/t11-,13+/m1/s1. The number of amides is 1. The van der Waals surface area contributed by atoms with E-state index in [2.05, 4.69) is 4.72 Å². The van der Waals surface area contributed by atoms with Gasteiger partial charge >= 0.3 is 0 Å². The number of rotatable bonds is 1. The lowest BCUT2D eigenvalue weighted by molar-refractivity contribution is -0.132. The molecule has 126 valence electrons. The summed E-state index contributed by atoms with van der Waals surface area (Å²) in [5.74, 6) is 0.374. The number of nitrogens with zero attached hydrogens (tertiary/aromatic N) is 1. The highest BCUT2D eigenvalue weighted by atomic mass is 32.2. The molecule has 1 N–H and O–H groups in total. The highest BCUT2D eigenvalue weighted by molar-refractivity contribution is 7.89. The first-order chi connectivity index (χ1) is 10.7. The second-order valence-electron chi connectivity index (χ2n) is 7.37. The molecule has 6 nitrogen and oxygen atoms in total. The molecule has 1 amide bonds. The normalized spacial score (nSPS) is 26.0. The number of benzene rings is 1. The molecule has 0 aromatic heterocycles. The maximum absolute atomic E-state index is 12.4. The van der Waals surface area contributed by atoms with Gasteiger partial charge in [-0.3, -0.25) is 4.79 Å².